The summed E-state index contributed by atoms with van der Waals surface area (Å²) in [6.45, 7) is 3.80. The highest BCUT2D eigenvalue weighted by Gasteiger charge is 2.15. The number of likely N-dealkylation sites (N-methyl/N-ethyl adjacent to an activating group) is 1. The van der Waals surface area contributed by atoms with Crippen molar-refractivity contribution in [2.75, 3.05) is 7.05 Å². The van der Waals surface area contributed by atoms with Crippen LogP contribution in [0, 0.1) is 13.8 Å². The second-order valence-electron chi connectivity index (χ2n) is 3.98. The van der Waals surface area contributed by atoms with Crippen molar-refractivity contribution in [1.29, 1.82) is 0 Å². The van der Waals surface area contributed by atoms with E-state index in [2.05, 4.69) is 5.32 Å². The molecule has 0 saturated heterocycles. The normalized spacial score (nSPS) is 11.5. The van der Waals surface area contributed by atoms with Crippen LogP contribution >= 0.6 is 12.4 Å². The van der Waals surface area contributed by atoms with E-state index < -0.39 is 6.04 Å². The van der Waals surface area contributed by atoms with Gasteiger partial charge < -0.3 is 16.2 Å². The molecule has 96 valence electrons. The molecule has 0 aliphatic heterocycles. The molecule has 1 aromatic carbocycles. The highest BCUT2D eigenvalue weighted by Crippen LogP contribution is 2.21. The Kier molecular flexibility index (Phi) is 5.99. The first-order valence-electron chi connectivity index (χ1n) is 5.22. The summed E-state index contributed by atoms with van der Waals surface area (Å²) in [5.41, 5.74) is 8.69. The maximum atomic E-state index is 11.3. The summed E-state index contributed by atoms with van der Waals surface area (Å²) >= 11 is 0. The third-order valence-electron chi connectivity index (χ3n) is 2.69. The molecule has 1 aromatic rings. The summed E-state index contributed by atoms with van der Waals surface area (Å²) in [7, 11) is 1.57. The van der Waals surface area contributed by atoms with Gasteiger partial charge in [0.1, 0.15) is 5.75 Å². The molecular formula is C12H19ClN2O2. The number of hydrogen-bond acceptors (Lipinski definition) is 3. The predicted molar refractivity (Wildman–Crippen MR) is 70.6 cm³/mol. The summed E-state index contributed by atoms with van der Waals surface area (Å²) in [5, 5.41) is 11.9. The number of halogens is 1. The smallest absolute Gasteiger partial charge is 0.237 e. The quantitative estimate of drug-likeness (QED) is 0.759. The molecular weight excluding hydrogens is 240 g/mol. The van der Waals surface area contributed by atoms with E-state index in [1.165, 1.54) is 0 Å². The number of carbonyl (C=O) groups is 1. The van der Waals surface area contributed by atoms with Crippen molar-refractivity contribution < 1.29 is 9.90 Å². The van der Waals surface area contributed by atoms with Gasteiger partial charge in [-0.1, -0.05) is 0 Å². The number of nitrogens with two attached hydrogens (primary N) is 1. The molecule has 1 rings (SSSR count). The van der Waals surface area contributed by atoms with E-state index in [-0.39, 0.29) is 24.1 Å². The fraction of sp³-hybridized carbons (Fsp3) is 0.417. The zero-order valence-corrected chi connectivity index (χ0v) is 11.1. The first-order valence-corrected chi connectivity index (χ1v) is 5.22. The van der Waals surface area contributed by atoms with E-state index in [1.54, 1.807) is 19.2 Å². The SMILES string of the molecule is CNC(=O)[C@@H](N)Cc1c(C)cc(O)cc1C.Cl. The van der Waals surface area contributed by atoms with Gasteiger partial charge in [0.15, 0.2) is 0 Å². The molecule has 0 radical (unpaired) electrons. The minimum Gasteiger partial charge on any atom is -0.508 e. The lowest BCUT2D eigenvalue weighted by Crippen LogP contribution is -2.40. The Hall–Kier alpha value is -1.26. The summed E-state index contributed by atoms with van der Waals surface area (Å²) < 4.78 is 0. The number of amides is 1. The van der Waals surface area contributed by atoms with Gasteiger partial charge >= 0.3 is 0 Å². The van der Waals surface area contributed by atoms with Crippen LogP contribution in [-0.4, -0.2) is 24.1 Å². The van der Waals surface area contributed by atoms with Gasteiger partial charge in [-0.05, 0) is 49.1 Å². The summed E-state index contributed by atoms with van der Waals surface area (Å²) in [6, 6.07) is 2.81. The van der Waals surface area contributed by atoms with Crippen molar-refractivity contribution in [3.63, 3.8) is 0 Å². The largest absolute Gasteiger partial charge is 0.508 e. The Bertz CT molecular complexity index is 384. The highest BCUT2D eigenvalue weighted by molar-refractivity contribution is 5.85. The molecule has 1 amide bonds. The molecule has 1 atom stereocenters. The molecule has 0 unspecified atom stereocenters. The maximum absolute atomic E-state index is 11.3. The number of rotatable bonds is 3. The van der Waals surface area contributed by atoms with Crippen molar-refractivity contribution in [2.45, 2.75) is 26.3 Å². The van der Waals surface area contributed by atoms with Crippen LogP contribution in [0.25, 0.3) is 0 Å². The van der Waals surface area contributed by atoms with Gasteiger partial charge in [0.2, 0.25) is 5.91 Å². The van der Waals surface area contributed by atoms with Gasteiger partial charge in [0, 0.05) is 7.05 Å². The number of carbonyl (C=O) groups excluding carboxylic acids is 1. The molecule has 4 nitrogen and oxygen atoms in total. The second-order valence-corrected chi connectivity index (χ2v) is 3.98. The average molecular weight is 259 g/mol. The number of benzene rings is 1. The zero-order valence-electron chi connectivity index (χ0n) is 10.3. The van der Waals surface area contributed by atoms with Crippen molar-refractivity contribution in [1.82, 2.24) is 5.32 Å². The number of aryl methyl sites for hydroxylation is 2. The van der Waals surface area contributed by atoms with Crippen LogP contribution in [0.1, 0.15) is 16.7 Å². The van der Waals surface area contributed by atoms with Gasteiger partial charge in [-0.3, -0.25) is 4.79 Å². The van der Waals surface area contributed by atoms with Gasteiger partial charge in [-0.15, -0.1) is 12.4 Å². The number of nitrogens with one attached hydrogen (secondary N) is 1. The van der Waals surface area contributed by atoms with Crippen molar-refractivity contribution >= 4 is 18.3 Å². The third-order valence-corrected chi connectivity index (χ3v) is 2.69. The van der Waals surface area contributed by atoms with E-state index in [1.807, 2.05) is 13.8 Å². The Morgan fingerprint density at radius 2 is 1.88 bits per heavy atom. The number of phenolic OH excluding ortho intramolecular Hbond substituents is 1. The molecule has 17 heavy (non-hydrogen) atoms. The first-order chi connectivity index (χ1) is 7.45. The summed E-state index contributed by atoms with van der Waals surface area (Å²) in [6.07, 6.45) is 0.484. The van der Waals surface area contributed by atoms with E-state index >= 15 is 0 Å². The van der Waals surface area contributed by atoms with Crippen molar-refractivity contribution in [3.8, 4) is 5.75 Å². The minimum absolute atomic E-state index is 0. The Labute approximate surface area is 108 Å². The molecule has 0 aliphatic carbocycles. The Morgan fingerprint density at radius 1 is 1.41 bits per heavy atom. The number of phenols is 1. The molecule has 0 fully saturated rings. The first kappa shape index (κ1) is 15.7. The Morgan fingerprint density at radius 3 is 2.29 bits per heavy atom. The van der Waals surface area contributed by atoms with E-state index in [0.717, 1.165) is 16.7 Å². The van der Waals surface area contributed by atoms with Crippen LogP contribution in [0.3, 0.4) is 0 Å². The maximum Gasteiger partial charge on any atom is 0.237 e. The Balaban J connectivity index is 0.00000256. The molecule has 4 N–H and O–H groups in total. The van der Waals surface area contributed by atoms with Gasteiger partial charge in [-0.25, -0.2) is 0 Å². The highest BCUT2D eigenvalue weighted by atomic mass is 35.5. The van der Waals surface area contributed by atoms with Crippen molar-refractivity contribution in [2.24, 2.45) is 5.73 Å². The van der Waals surface area contributed by atoms with E-state index in [9.17, 15) is 9.90 Å². The predicted octanol–water partition coefficient (Wildman–Crippen LogP) is 1.05. The lowest BCUT2D eigenvalue weighted by molar-refractivity contribution is -0.121. The van der Waals surface area contributed by atoms with E-state index in [0.29, 0.717) is 6.42 Å². The summed E-state index contributed by atoms with van der Waals surface area (Å²) in [4.78, 5) is 11.3. The van der Waals surface area contributed by atoms with Gasteiger partial charge in [0.05, 0.1) is 6.04 Å². The van der Waals surface area contributed by atoms with Gasteiger partial charge in [0.25, 0.3) is 0 Å². The molecule has 0 aliphatic rings. The zero-order chi connectivity index (χ0) is 12.3. The van der Waals surface area contributed by atoms with Crippen LogP contribution in [-0.2, 0) is 11.2 Å². The molecule has 0 heterocycles. The fourth-order valence-electron chi connectivity index (χ4n) is 1.79. The molecule has 0 spiro atoms. The molecule has 5 heteroatoms. The summed E-state index contributed by atoms with van der Waals surface area (Å²) in [5.74, 6) is 0.0686. The average Bonchev–Trinajstić information content (AvgIpc) is 2.21. The fourth-order valence-corrected chi connectivity index (χ4v) is 1.79. The van der Waals surface area contributed by atoms with E-state index in [4.69, 9.17) is 5.73 Å². The topological polar surface area (TPSA) is 75.4 Å². The lowest BCUT2D eigenvalue weighted by atomic mass is 9.96. The van der Waals surface area contributed by atoms with Crippen LogP contribution in [0.5, 0.6) is 5.75 Å². The van der Waals surface area contributed by atoms with Crippen LogP contribution < -0.4 is 11.1 Å². The third kappa shape index (κ3) is 3.91. The number of aromatic hydroxyl groups is 1. The van der Waals surface area contributed by atoms with Gasteiger partial charge in [-0.2, -0.15) is 0 Å². The second kappa shape index (κ2) is 6.47. The lowest BCUT2D eigenvalue weighted by Gasteiger charge is -2.14. The molecule has 0 aromatic heterocycles. The number of hydrogen-bond donors (Lipinski definition) is 3. The van der Waals surface area contributed by atoms with Crippen LogP contribution in [0.15, 0.2) is 12.1 Å². The standard InChI is InChI=1S/C12H18N2O2.ClH/c1-7-4-9(15)5-8(2)10(7)6-11(13)12(16)14-3;/h4-5,11,15H,6,13H2,1-3H3,(H,14,16);1H/t11-;/m0./s1. The monoisotopic (exact) mass is 258 g/mol. The minimum atomic E-state index is -0.549. The van der Waals surface area contributed by atoms with Crippen molar-refractivity contribution in [3.05, 3.63) is 28.8 Å². The molecule has 0 bridgehead atoms. The van der Waals surface area contributed by atoms with Crippen LogP contribution in [0.4, 0.5) is 0 Å². The molecule has 0 saturated carbocycles. The van der Waals surface area contributed by atoms with Crippen LogP contribution in [0.2, 0.25) is 0 Å².